The predicted octanol–water partition coefficient (Wildman–Crippen LogP) is -1.44. The SMILES string of the molecule is CCOC(=O)C([O-])=C1C(=O)[NH+](C)C2N(C)CC(c3cnc(Cl)s3)N12. The van der Waals surface area contributed by atoms with Crippen LogP contribution in [0, 0.1) is 0 Å². The third kappa shape index (κ3) is 2.57. The van der Waals surface area contributed by atoms with Gasteiger partial charge in [0.25, 0.3) is 0 Å². The number of halogens is 1. The number of rotatable bonds is 3. The van der Waals surface area contributed by atoms with Gasteiger partial charge in [-0.3, -0.25) is 4.90 Å². The summed E-state index contributed by atoms with van der Waals surface area (Å²) in [4.78, 5) is 33.5. The lowest BCUT2D eigenvalue weighted by Gasteiger charge is -2.25. The van der Waals surface area contributed by atoms with Crippen LogP contribution in [0.1, 0.15) is 17.8 Å². The minimum absolute atomic E-state index is 0.0753. The zero-order valence-corrected chi connectivity index (χ0v) is 15.0. The van der Waals surface area contributed by atoms with E-state index in [0.717, 1.165) is 4.88 Å². The molecule has 130 valence electrons. The summed E-state index contributed by atoms with van der Waals surface area (Å²) >= 11 is 7.22. The number of hydrogen-bond donors (Lipinski definition) is 1. The number of nitrogens with zero attached hydrogens (tertiary/aromatic N) is 3. The molecule has 24 heavy (non-hydrogen) atoms. The molecule has 10 heteroatoms. The Morgan fingerprint density at radius 3 is 2.92 bits per heavy atom. The van der Waals surface area contributed by atoms with Gasteiger partial charge in [-0.05, 0) is 14.0 Å². The lowest BCUT2D eigenvalue weighted by molar-refractivity contribution is -0.839. The van der Waals surface area contributed by atoms with Gasteiger partial charge < -0.3 is 9.84 Å². The van der Waals surface area contributed by atoms with Crippen molar-refractivity contribution in [2.24, 2.45) is 0 Å². The number of nitrogens with one attached hydrogen (secondary N) is 1. The van der Waals surface area contributed by atoms with Crippen LogP contribution in [-0.4, -0.2) is 60.2 Å². The first-order valence-electron chi connectivity index (χ1n) is 7.43. The standard InChI is InChI=1S/C14H17ClN4O4S/c1-4-23-12(22)10(20)9-11(21)18(3)14-17(2)6-7(19(9)14)8-5-16-13(15)24-8/h5,7,14,20H,4,6H2,1-3H3. The van der Waals surface area contributed by atoms with Crippen molar-refractivity contribution in [1.29, 1.82) is 0 Å². The number of thiazole rings is 1. The lowest BCUT2D eigenvalue weighted by atomic mass is 10.2. The average Bonchev–Trinajstić information content (AvgIpc) is 3.17. The number of likely N-dealkylation sites (N-methyl/N-ethyl adjacent to an activating group) is 2. The molecule has 3 unspecified atom stereocenters. The third-order valence-corrected chi connectivity index (χ3v) is 5.41. The fourth-order valence-electron chi connectivity index (χ4n) is 3.24. The van der Waals surface area contributed by atoms with Gasteiger partial charge in [0.1, 0.15) is 5.70 Å². The lowest BCUT2D eigenvalue weighted by Crippen LogP contribution is -3.15. The second-order valence-corrected chi connectivity index (χ2v) is 7.31. The Morgan fingerprint density at radius 1 is 1.62 bits per heavy atom. The quantitative estimate of drug-likeness (QED) is 0.395. The van der Waals surface area contributed by atoms with Gasteiger partial charge in [0.2, 0.25) is 6.29 Å². The maximum Gasteiger partial charge on any atom is 0.362 e. The normalized spacial score (nSPS) is 29.1. The molecule has 8 nitrogen and oxygen atoms in total. The summed E-state index contributed by atoms with van der Waals surface area (Å²) < 4.78 is 5.17. The highest BCUT2D eigenvalue weighted by molar-refractivity contribution is 7.15. The van der Waals surface area contributed by atoms with Gasteiger partial charge in [-0.2, -0.15) is 0 Å². The van der Waals surface area contributed by atoms with Crippen molar-refractivity contribution in [1.82, 2.24) is 14.8 Å². The van der Waals surface area contributed by atoms with Crippen LogP contribution in [0.25, 0.3) is 0 Å². The van der Waals surface area contributed by atoms with Gasteiger partial charge in [0, 0.05) is 18.5 Å². The number of carbonyl (C=O) groups excluding carboxylic acids is 2. The first-order valence-corrected chi connectivity index (χ1v) is 8.62. The van der Waals surface area contributed by atoms with E-state index in [-0.39, 0.29) is 24.6 Å². The van der Waals surface area contributed by atoms with Crippen LogP contribution >= 0.6 is 22.9 Å². The van der Waals surface area contributed by atoms with E-state index in [1.165, 1.54) is 11.3 Å². The molecule has 2 aliphatic rings. The molecule has 1 amide bonds. The molecule has 0 spiro atoms. The minimum atomic E-state index is -1.01. The van der Waals surface area contributed by atoms with E-state index in [0.29, 0.717) is 15.9 Å². The molecule has 3 heterocycles. The molecule has 1 N–H and O–H groups in total. The second-order valence-electron chi connectivity index (χ2n) is 5.66. The van der Waals surface area contributed by atoms with E-state index < -0.39 is 17.6 Å². The Labute approximate surface area is 147 Å². The van der Waals surface area contributed by atoms with E-state index in [9.17, 15) is 14.7 Å². The number of esters is 1. The van der Waals surface area contributed by atoms with Crippen molar-refractivity contribution in [3.05, 3.63) is 27.0 Å². The molecular weight excluding hydrogens is 356 g/mol. The van der Waals surface area contributed by atoms with Crippen LogP contribution in [0.5, 0.6) is 0 Å². The first-order chi connectivity index (χ1) is 11.4. The third-order valence-electron chi connectivity index (χ3n) is 4.20. The molecular formula is C14H17ClN4O4S. The molecule has 2 saturated heterocycles. The minimum Gasteiger partial charge on any atom is -0.866 e. The molecule has 1 aromatic rings. The maximum absolute atomic E-state index is 12.6. The average molecular weight is 373 g/mol. The van der Waals surface area contributed by atoms with E-state index in [4.69, 9.17) is 16.3 Å². The van der Waals surface area contributed by atoms with Gasteiger partial charge in [-0.25, -0.2) is 24.4 Å². The summed E-state index contributed by atoms with van der Waals surface area (Å²) in [6.07, 6.45) is 1.29. The number of hydrogen-bond acceptors (Lipinski definition) is 8. The van der Waals surface area contributed by atoms with Gasteiger partial charge in [-0.1, -0.05) is 11.6 Å². The molecule has 0 aliphatic carbocycles. The van der Waals surface area contributed by atoms with E-state index >= 15 is 0 Å². The topological polar surface area (TPSA) is 90.2 Å². The summed E-state index contributed by atoms with van der Waals surface area (Å²) in [6, 6.07) is -0.264. The molecule has 1 aromatic heterocycles. The summed E-state index contributed by atoms with van der Waals surface area (Å²) in [5.41, 5.74) is -0.130. The highest BCUT2D eigenvalue weighted by atomic mass is 35.5. The van der Waals surface area contributed by atoms with Crippen molar-refractivity contribution >= 4 is 34.8 Å². The van der Waals surface area contributed by atoms with Crippen LogP contribution in [0.4, 0.5) is 0 Å². The fraction of sp³-hybridized carbons (Fsp3) is 0.500. The second kappa shape index (κ2) is 6.32. The van der Waals surface area contributed by atoms with Crippen molar-refractivity contribution in [3.63, 3.8) is 0 Å². The zero-order chi connectivity index (χ0) is 17.6. The Balaban J connectivity index is 2.07. The van der Waals surface area contributed by atoms with Crippen molar-refractivity contribution in [3.8, 4) is 0 Å². The molecule has 3 rings (SSSR count). The Bertz CT molecular complexity index is 721. The molecule has 0 radical (unpaired) electrons. The highest BCUT2D eigenvalue weighted by Gasteiger charge is 2.55. The summed E-state index contributed by atoms with van der Waals surface area (Å²) in [5.74, 6) is -2.32. The molecule has 3 atom stereocenters. The van der Waals surface area contributed by atoms with E-state index in [2.05, 4.69) is 4.98 Å². The van der Waals surface area contributed by atoms with Gasteiger partial charge in [-0.15, -0.1) is 11.3 Å². The van der Waals surface area contributed by atoms with Crippen LogP contribution in [0.2, 0.25) is 4.47 Å². The molecule has 0 bridgehead atoms. The summed E-state index contributed by atoms with van der Waals surface area (Å²) in [6.45, 7) is 2.28. The van der Waals surface area contributed by atoms with Crippen molar-refractivity contribution in [2.75, 3.05) is 27.2 Å². The molecule has 2 fully saturated rings. The largest absolute Gasteiger partial charge is 0.866 e. The highest BCUT2D eigenvalue weighted by Crippen LogP contribution is 2.38. The van der Waals surface area contributed by atoms with E-state index in [1.54, 1.807) is 25.1 Å². The van der Waals surface area contributed by atoms with E-state index in [1.807, 2.05) is 11.9 Å². The predicted molar refractivity (Wildman–Crippen MR) is 83.7 cm³/mol. The Morgan fingerprint density at radius 2 is 2.33 bits per heavy atom. The number of fused-ring (bicyclic) bond motifs is 1. The number of carbonyl (C=O) groups is 2. The van der Waals surface area contributed by atoms with Crippen molar-refractivity contribution < 1.29 is 24.3 Å². The maximum atomic E-state index is 12.6. The number of aromatic nitrogens is 1. The zero-order valence-electron chi connectivity index (χ0n) is 13.4. The Kier molecular flexibility index (Phi) is 4.52. The Hall–Kier alpha value is -1.68. The number of ether oxygens (including phenoxy) is 1. The summed E-state index contributed by atoms with van der Waals surface area (Å²) in [7, 11) is 3.55. The van der Waals surface area contributed by atoms with Gasteiger partial charge in [0.15, 0.2) is 4.47 Å². The monoisotopic (exact) mass is 372 g/mol. The number of quaternary nitrogens is 1. The molecule has 0 saturated carbocycles. The van der Waals surface area contributed by atoms with Gasteiger partial charge in [0.05, 0.1) is 24.6 Å². The molecule has 2 aliphatic heterocycles. The molecule has 0 aromatic carbocycles. The van der Waals surface area contributed by atoms with Crippen LogP contribution < -0.4 is 10.0 Å². The van der Waals surface area contributed by atoms with Crippen LogP contribution in [0.3, 0.4) is 0 Å². The summed E-state index contributed by atoms with van der Waals surface area (Å²) in [5, 5.41) is 12.5. The van der Waals surface area contributed by atoms with Crippen LogP contribution in [-0.2, 0) is 14.3 Å². The van der Waals surface area contributed by atoms with Crippen molar-refractivity contribution in [2.45, 2.75) is 19.3 Å². The smallest absolute Gasteiger partial charge is 0.362 e. The number of amides is 1. The van der Waals surface area contributed by atoms with Crippen LogP contribution in [0.15, 0.2) is 17.7 Å². The first kappa shape index (κ1) is 17.2. The van der Waals surface area contributed by atoms with Gasteiger partial charge >= 0.3 is 11.9 Å². The fourth-order valence-corrected chi connectivity index (χ4v) is 4.29.